The van der Waals surface area contributed by atoms with Crippen LogP contribution < -0.4 is 5.32 Å². The largest absolute Gasteiger partial charge is 0.354 e. The molecule has 1 atom stereocenters. The van der Waals surface area contributed by atoms with Gasteiger partial charge in [-0.1, -0.05) is 74.4 Å². The number of hydrogen-bond donors (Lipinski definition) is 1. The van der Waals surface area contributed by atoms with Gasteiger partial charge < -0.3 is 10.2 Å². The summed E-state index contributed by atoms with van der Waals surface area (Å²) in [6, 6.07) is 16.0. The summed E-state index contributed by atoms with van der Waals surface area (Å²) in [5.41, 5.74) is 4.65. The van der Waals surface area contributed by atoms with E-state index in [0.29, 0.717) is 25.3 Å². The molecule has 1 N–H and O–H groups in total. The van der Waals surface area contributed by atoms with Crippen LogP contribution in [0.2, 0.25) is 0 Å². The Kier molecular flexibility index (Phi) is 10.6. The highest BCUT2D eigenvalue weighted by Gasteiger charge is 2.28. The van der Waals surface area contributed by atoms with Crippen molar-refractivity contribution in [3.8, 4) is 0 Å². The molecule has 0 heterocycles. The minimum absolute atomic E-state index is 0.0119. The van der Waals surface area contributed by atoms with E-state index in [2.05, 4.69) is 43.4 Å². The molecule has 0 aliphatic rings. The topological polar surface area (TPSA) is 49.4 Å². The minimum atomic E-state index is -0.455. The van der Waals surface area contributed by atoms with E-state index in [9.17, 15) is 9.59 Å². The number of benzene rings is 2. The van der Waals surface area contributed by atoms with E-state index in [-0.39, 0.29) is 11.8 Å². The monoisotopic (exact) mass is 440 g/mol. The van der Waals surface area contributed by atoms with Gasteiger partial charge in [0.25, 0.3) is 0 Å². The fourth-order valence-electron chi connectivity index (χ4n) is 3.42. The second-order valence-electron chi connectivity index (χ2n) is 8.00. The zero-order valence-corrected chi connectivity index (χ0v) is 20.1. The predicted molar refractivity (Wildman–Crippen MR) is 131 cm³/mol. The maximum absolute atomic E-state index is 13.3. The number of aryl methyl sites for hydroxylation is 2. The maximum Gasteiger partial charge on any atom is 0.242 e. The summed E-state index contributed by atoms with van der Waals surface area (Å²) in [6.07, 6.45) is 2.57. The molecule has 2 amide bonds. The third kappa shape index (κ3) is 8.06. The molecule has 0 aliphatic heterocycles. The molecule has 0 saturated heterocycles. The van der Waals surface area contributed by atoms with Gasteiger partial charge in [-0.05, 0) is 43.4 Å². The molecule has 0 unspecified atom stereocenters. The van der Waals surface area contributed by atoms with Gasteiger partial charge in [-0.25, -0.2) is 0 Å². The standard InChI is InChI=1S/C26H36N2O2S/c1-5-7-16-27-26(30)24(6-2)28(17-23-11-9-8-10-21(23)4)25(29)19-31-18-22-14-12-20(3)13-15-22/h8-15,24H,5-7,16-19H2,1-4H3,(H,27,30)/t24-/m0/s1. The van der Waals surface area contributed by atoms with Gasteiger partial charge >= 0.3 is 0 Å². The Morgan fingerprint density at radius 1 is 1.03 bits per heavy atom. The lowest BCUT2D eigenvalue weighted by molar-refractivity contribution is -0.139. The van der Waals surface area contributed by atoms with E-state index in [4.69, 9.17) is 0 Å². The molecule has 168 valence electrons. The van der Waals surface area contributed by atoms with Crippen LogP contribution in [0.1, 0.15) is 55.4 Å². The zero-order valence-electron chi connectivity index (χ0n) is 19.3. The van der Waals surface area contributed by atoms with E-state index in [1.807, 2.05) is 38.1 Å². The molecule has 2 rings (SSSR count). The van der Waals surface area contributed by atoms with E-state index in [0.717, 1.165) is 29.7 Å². The summed E-state index contributed by atoms with van der Waals surface area (Å²) < 4.78 is 0. The van der Waals surface area contributed by atoms with Crippen LogP contribution >= 0.6 is 11.8 Å². The van der Waals surface area contributed by atoms with Crippen LogP contribution in [-0.2, 0) is 21.9 Å². The average molecular weight is 441 g/mol. The van der Waals surface area contributed by atoms with Crippen molar-refractivity contribution in [1.29, 1.82) is 0 Å². The Balaban J connectivity index is 2.10. The molecule has 0 aliphatic carbocycles. The van der Waals surface area contributed by atoms with Crippen LogP contribution in [-0.4, -0.2) is 35.1 Å². The van der Waals surface area contributed by atoms with E-state index in [1.54, 1.807) is 16.7 Å². The minimum Gasteiger partial charge on any atom is -0.354 e. The maximum atomic E-state index is 13.3. The molecule has 0 bridgehead atoms. The molecular weight excluding hydrogens is 404 g/mol. The molecule has 0 saturated carbocycles. The van der Waals surface area contributed by atoms with Gasteiger partial charge in [-0.3, -0.25) is 9.59 Å². The second kappa shape index (κ2) is 13.2. The number of unbranched alkanes of at least 4 members (excludes halogenated alkanes) is 1. The highest BCUT2D eigenvalue weighted by molar-refractivity contribution is 7.99. The first-order chi connectivity index (χ1) is 15.0. The van der Waals surface area contributed by atoms with Gasteiger partial charge in [0.05, 0.1) is 5.75 Å². The first kappa shape index (κ1) is 25.0. The fourth-order valence-corrected chi connectivity index (χ4v) is 4.29. The molecule has 5 heteroatoms. The van der Waals surface area contributed by atoms with Crippen LogP contribution in [0.4, 0.5) is 0 Å². The van der Waals surface area contributed by atoms with Crippen molar-refractivity contribution in [3.63, 3.8) is 0 Å². The molecule has 4 nitrogen and oxygen atoms in total. The quantitative estimate of drug-likeness (QED) is 0.458. The van der Waals surface area contributed by atoms with Gasteiger partial charge in [0.1, 0.15) is 6.04 Å². The van der Waals surface area contributed by atoms with Gasteiger partial charge in [0.15, 0.2) is 0 Å². The van der Waals surface area contributed by atoms with Crippen molar-refractivity contribution in [2.45, 2.75) is 65.3 Å². The van der Waals surface area contributed by atoms with E-state index >= 15 is 0 Å². The van der Waals surface area contributed by atoms with Crippen LogP contribution in [0, 0.1) is 13.8 Å². The SMILES string of the molecule is CCCCNC(=O)[C@H](CC)N(Cc1ccccc1C)C(=O)CSCc1ccc(C)cc1. The zero-order chi connectivity index (χ0) is 22.6. The summed E-state index contributed by atoms with van der Waals surface area (Å²) in [5, 5.41) is 3.02. The number of thioether (sulfide) groups is 1. The van der Waals surface area contributed by atoms with Crippen molar-refractivity contribution in [3.05, 3.63) is 70.8 Å². The van der Waals surface area contributed by atoms with Crippen molar-refractivity contribution >= 4 is 23.6 Å². The first-order valence-corrected chi connectivity index (χ1v) is 12.4. The summed E-state index contributed by atoms with van der Waals surface area (Å²) in [4.78, 5) is 27.9. The normalized spacial score (nSPS) is 11.7. The molecule has 0 radical (unpaired) electrons. The molecule has 0 aromatic heterocycles. The number of hydrogen-bond acceptors (Lipinski definition) is 3. The molecule has 2 aromatic carbocycles. The number of carbonyl (C=O) groups excluding carboxylic acids is 2. The Labute approximate surface area is 191 Å². The van der Waals surface area contributed by atoms with E-state index < -0.39 is 6.04 Å². The molecule has 2 aromatic rings. The van der Waals surface area contributed by atoms with Crippen molar-refractivity contribution in [2.75, 3.05) is 12.3 Å². The molecular formula is C26H36N2O2S. The predicted octanol–water partition coefficient (Wildman–Crippen LogP) is 5.26. The number of rotatable bonds is 12. The highest BCUT2D eigenvalue weighted by atomic mass is 32.2. The average Bonchev–Trinajstić information content (AvgIpc) is 2.76. The Morgan fingerprint density at radius 2 is 1.74 bits per heavy atom. The first-order valence-electron chi connectivity index (χ1n) is 11.2. The third-order valence-corrected chi connectivity index (χ3v) is 6.42. The van der Waals surface area contributed by atoms with Crippen molar-refractivity contribution in [1.82, 2.24) is 10.2 Å². The van der Waals surface area contributed by atoms with Gasteiger partial charge in [0, 0.05) is 18.8 Å². The Bertz CT molecular complexity index is 836. The molecule has 31 heavy (non-hydrogen) atoms. The Hall–Kier alpha value is -2.27. The summed E-state index contributed by atoms with van der Waals surface area (Å²) >= 11 is 1.60. The summed E-state index contributed by atoms with van der Waals surface area (Å²) in [7, 11) is 0. The lowest BCUT2D eigenvalue weighted by Crippen LogP contribution is -2.49. The van der Waals surface area contributed by atoms with Gasteiger partial charge in [0.2, 0.25) is 11.8 Å². The summed E-state index contributed by atoms with van der Waals surface area (Å²) in [5.74, 6) is 1.10. The lowest BCUT2D eigenvalue weighted by atomic mass is 10.1. The highest BCUT2D eigenvalue weighted by Crippen LogP contribution is 2.19. The smallest absolute Gasteiger partial charge is 0.242 e. The number of nitrogens with one attached hydrogen (secondary N) is 1. The molecule has 0 fully saturated rings. The van der Waals surface area contributed by atoms with E-state index in [1.165, 1.54) is 11.1 Å². The second-order valence-corrected chi connectivity index (χ2v) is 8.98. The molecule has 0 spiro atoms. The van der Waals surface area contributed by atoms with Crippen LogP contribution in [0.15, 0.2) is 48.5 Å². The van der Waals surface area contributed by atoms with Crippen LogP contribution in [0.3, 0.4) is 0 Å². The van der Waals surface area contributed by atoms with Crippen LogP contribution in [0.5, 0.6) is 0 Å². The number of nitrogens with zero attached hydrogens (tertiary/aromatic N) is 1. The summed E-state index contributed by atoms with van der Waals surface area (Å²) in [6.45, 7) is 9.30. The number of amides is 2. The Morgan fingerprint density at radius 3 is 2.39 bits per heavy atom. The lowest BCUT2D eigenvalue weighted by Gasteiger charge is -2.31. The van der Waals surface area contributed by atoms with Gasteiger partial charge in [-0.15, -0.1) is 11.8 Å². The van der Waals surface area contributed by atoms with Gasteiger partial charge in [-0.2, -0.15) is 0 Å². The van der Waals surface area contributed by atoms with Crippen molar-refractivity contribution in [2.24, 2.45) is 0 Å². The number of carbonyl (C=O) groups is 2. The van der Waals surface area contributed by atoms with Crippen molar-refractivity contribution < 1.29 is 9.59 Å². The fraction of sp³-hybridized carbons (Fsp3) is 0.462. The third-order valence-electron chi connectivity index (χ3n) is 5.43. The van der Waals surface area contributed by atoms with Crippen LogP contribution in [0.25, 0.3) is 0 Å².